The number of methoxy groups -OCH3 is 1. The van der Waals surface area contributed by atoms with Crippen molar-refractivity contribution < 1.29 is 23.9 Å². The molecule has 0 saturated carbocycles. The number of imide groups is 2. The highest BCUT2D eigenvalue weighted by Crippen LogP contribution is 2.35. The molecule has 0 aromatic heterocycles. The first-order valence-electron chi connectivity index (χ1n) is 11.5. The van der Waals surface area contributed by atoms with E-state index >= 15 is 0 Å². The van der Waals surface area contributed by atoms with E-state index in [9.17, 15) is 14.4 Å². The van der Waals surface area contributed by atoms with Gasteiger partial charge >= 0.3 is 6.03 Å². The lowest BCUT2D eigenvalue weighted by Crippen LogP contribution is -2.54. The van der Waals surface area contributed by atoms with Gasteiger partial charge in [-0.2, -0.15) is 0 Å². The summed E-state index contributed by atoms with van der Waals surface area (Å²) in [5, 5.41) is 2.56. The monoisotopic (exact) mass is 516 g/mol. The van der Waals surface area contributed by atoms with Gasteiger partial charge in [-0.05, 0) is 60.9 Å². The van der Waals surface area contributed by atoms with E-state index in [-0.39, 0.29) is 11.3 Å². The topological polar surface area (TPSA) is 84.9 Å². The quantitative estimate of drug-likeness (QED) is 0.238. The number of carbonyl (C=O) groups is 3. The lowest BCUT2D eigenvalue weighted by atomic mass is 10.0. The average Bonchev–Trinajstić information content (AvgIpc) is 2.86. The molecule has 0 radical (unpaired) electrons. The summed E-state index contributed by atoms with van der Waals surface area (Å²) in [5.41, 5.74) is 3.48. The molecule has 188 valence electrons. The van der Waals surface area contributed by atoms with E-state index in [1.54, 1.807) is 36.4 Å². The molecule has 4 rings (SSSR count). The van der Waals surface area contributed by atoms with Crippen LogP contribution in [0.3, 0.4) is 0 Å². The van der Waals surface area contributed by atoms with Gasteiger partial charge in [0.2, 0.25) is 0 Å². The molecule has 0 bridgehead atoms. The third kappa shape index (κ3) is 5.73. The molecule has 4 amide bonds. The van der Waals surface area contributed by atoms with Crippen LogP contribution in [0.15, 0.2) is 78.9 Å². The molecule has 1 heterocycles. The number of urea groups is 1. The van der Waals surface area contributed by atoms with Crippen LogP contribution in [0.5, 0.6) is 11.5 Å². The first-order chi connectivity index (χ1) is 17.8. The lowest BCUT2D eigenvalue weighted by molar-refractivity contribution is -0.122. The van der Waals surface area contributed by atoms with Gasteiger partial charge in [0.25, 0.3) is 11.8 Å². The molecule has 1 aliphatic heterocycles. The number of aryl methyl sites for hydroxylation is 1. The highest BCUT2D eigenvalue weighted by atomic mass is 35.5. The van der Waals surface area contributed by atoms with Crippen LogP contribution in [0.25, 0.3) is 6.08 Å². The van der Waals surface area contributed by atoms with Gasteiger partial charge in [0.1, 0.15) is 12.2 Å². The number of carbonyl (C=O) groups excluding carboxylic acids is 3. The van der Waals surface area contributed by atoms with Crippen LogP contribution in [0.4, 0.5) is 10.5 Å². The maximum Gasteiger partial charge on any atom is 0.335 e. The SMILES string of the molecule is C=CCc1cc(/C=C2\C(=O)NC(=O)N(c3cccc(Cl)c3)C2=O)cc(OC)c1OCc1ccc(C)cc1. The first kappa shape index (κ1) is 25.7. The molecule has 3 aromatic rings. The van der Waals surface area contributed by atoms with Crippen LogP contribution < -0.4 is 19.7 Å². The summed E-state index contributed by atoms with van der Waals surface area (Å²) in [5.74, 6) is -0.581. The molecule has 0 spiro atoms. The van der Waals surface area contributed by atoms with Crippen LogP contribution >= 0.6 is 11.6 Å². The Morgan fingerprint density at radius 1 is 1.05 bits per heavy atom. The van der Waals surface area contributed by atoms with Crippen molar-refractivity contribution in [2.75, 3.05) is 12.0 Å². The van der Waals surface area contributed by atoms with Crippen molar-refractivity contribution in [3.8, 4) is 11.5 Å². The zero-order chi connectivity index (χ0) is 26.5. The van der Waals surface area contributed by atoms with E-state index in [2.05, 4.69) is 11.9 Å². The summed E-state index contributed by atoms with van der Waals surface area (Å²) < 4.78 is 11.7. The van der Waals surface area contributed by atoms with Crippen LogP contribution in [-0.2, 0) is 22.6 Å². The number of barbiturate groups is 1. The van der Waals surface area contributed by atoms with Gasteiger partial charge in [0, 0.05) is 10.6 Å². The minimum absolute atomic E-state index is 0.209. The van der Waals surface area contributed by atoms with Crippen molar-refractivity contribution >= 4 is 41.2 Å². The molecule has 37 heavy (non-hydrogen) atoms. The summed E-state index contributed by atoms with van der Waals surface area (Å²) in [7, 11) is 1.51. The Kier molecular flexibility index (Phi) is 7.74. The van der Waals surface area contributed by atoms with E-state index in [4.69, 9.17) is 21.1 Å². The Morgan fingerprint density at radius 3 is 2.49 bits per heavy atom. The molecule has 0 aliphatic carbocycles. The number of benzene rings is 3. The fourth-order valence-electron chi connectivity index (χ4n) is 3.90. The summed E-state index contributed by atoms with van der Waals surface area (Å²) in [4.78, 5) is 39.2. The fraction of sp³-hybridized carbons (Fsp3) is 0.138. The largest absolute Gasteiger partial charge is 0.493 e. The summed E-state index contributed by atoms with van der Waals surface area (Å²) in [6.45, 7) is 6.17. The molecule has 7 nitrogen and oxygen atoms in total. The standard InChI is InChI=1S/C29H25ClN2O5/c1-4-6-21-13-20(15-25(36-3)26(21)37-17-19-11-9-18(2)10-12-19)14-24-27(33)31-29(35)32(28(24)34)23-8-5-7-22(30)16-23/h4-5,7-16H,1,6,17H2,2-3H3,(H,31,33,35)/b24-14+. The third-order valence-electron chi connectivity index (χ3n) is 5.72. The first-order valence-corrected chi connectivity index (χ1v) is 11.9. The molecule has 0 atom stereocenters. The normalized spacial score (nSPS) is 14.5. The number of halogens is 1. The fourth-order valence-corrected chi connectivity index (χ4v) is 4.09. The number of rotatable bonds is 8. The zero-order valence-corrected chi connectivity index (χ0v) is 21.2. The molecular weight excluding hydrogens is 492 g/mol. The van der Waals surface area contributed by atoms with E-state index in [1.165, 1.54) is 19.3 Å². The maximum atomic E-state index is 13.2. The lowest BCUT2D eigenvalue weighted by Gasteiger charge is -2.26. The van der Waals surface area contributed by atoms with E-state index in [1.807, 2.05) is 31.2 Å². The Morgan fingerprint density at radius 2 is 1.81 bits per heavy atom. The van der Waals surface area contributed by atoms with Gasteiger partial charge in [-0.15, -0.1) is 6.58 Å². The molecular formula is C29H25ClN2O5. The van der Waals surface area contributed by atoms with Gasteiger partial charge in [-0.3, -0.25) is 14.9 Å². The molecule has 1 saturated heterocycles. The molecule has 0 unspecified atom stereocenters. The van der Waals surface area contributed by atoms with Crippen LogP contribution in [0, 0.1) is 6.92 Å². The maximum absolute atomic E-state index is 13.2. The van der Waals surface area contributed by atoms with Crippen molar-refractivity contribution in [2.45, 2.75) is 20.0 Å². The molecule has 3 aromatic carbocycles. The molecule has 1 aliphatic rings. The van der Waals surface area contributed by atoms with Gasteiger partial charge in [0.05, 0.1) is 12.8 Å². The third-order valence-corrected chi connectivity index (χ3v) is 5.96. The highest BCUT2D eigenvalue weighted by Gasteiger charge is 2.37. The molecule has 1 N–H and O–H groups in total. The summed E-state index contributed by atoms with van der Waals surface area (Å²) in [6.07, 6.45) is 3.60. The Hall–Kier alpha value is -4.36. The Labute approximate surface area is 219 Å². The second-order valence-electron chi connectivity index (χ2n) is 8.42. The number of hydrogen-bond donors (Lipinski definition) is 1. The van der Waals surface area contributed by atoms with Gasteiger partial charge < -0.3 is 9.47 Å². The van der Waals surface area contributed by atoms with Crippen LogP contribution in [0.1, 0.15) is 22.3 Å². The highest BCUT2D eigenvalue weighted by molar-refractivity contribution is 6.39. The number of nitrogens with zero attached hydrogens (tertiary/aromatic N) is 1. The molecule has 8 heteroatoms. The summed E-state index contributed by atoms with van der Waals surface area (Å²) in [6, 6.07) is 16.9. The van der Waals surface area contributed by atoms with Crippen molar-refractivity contribution in [2.24, 2.45) is 0 Å². The van der Waals surface area contributed by atoms with Gasteiger partial charge in [-0.25, -0.2) is 9.69 Å². The van der Waals surface area contributed by atoms with E-state index in [0.717, 1.165) is 21.6 Å². The second-order valence-corrected chi connectivity index (χ2v) is 8.85. The van der Waals surface area contributed by atoms with Gasteiger partial charge in [-0.1, -0.05) is 53.6 Å². The minimum Gasteiger partial charge on any atom is -0.493 e. The van der Waals surface area contributed by atoms with E-state index in [0.29, 0.717) is 35.1 Å². The number of amides is 4. The van der Waals surface area contributed by atoms with Crippen LogP contribution in [0.2, 0.25) is 5.02 Å². The average molecular weight is 517 g/mol. The summed E-state index contributed by atoms with van der Waals surface area (Å²) >= 11 is 6.04. The molecule has 1 fully saturated rings. The predicted molar refractivity (Wildman–Crippen MR) is 143 cm³/mol. The number of ether oxygens (including phenoxy) is 2. The Bertz CT molecular complexity index is 1410. The number of nitrogens with one attached hydrogen (secondary N) is 1. The van der Waals surface area contributed by atoms with E-state index < -0.39 is 17.8 Å². The van der Waals surface area contributed by atoms with Crippen LogP contribution in [-0.4, -0.2) is 25.0 Å². The number of hydrogen-bond acceptors (Lipinski definition) is 5. The predicted octanol–water partition coefficient (Wildman–Crippen LogP) is 5.63. The minimum atomic E-state index is -0.848. The zero-order valence-electron chi connectivity index (χ0n) is 20.4. The Balaban J connectivity index is 1.69. The number of allylic oxidation sites excluding steroid dienone is 1. The van der Waals surface area contributed by atoms with Crippen molar-refractivity contribution in [3.63, 3.8) is 0 Å². The van der Waals surface area contributed by atoms with Crippen molar-refractivity contribution in [1.29, 1.82) is 0 Å². The smallest absolute Gasteiger partial charge is 0.335 e. The van der Waals surface area contributed by atoms with Crippen molar-refractivity contribution in [3.05, 3.63) is 106 Å². The van der Waals surface area contributed by atoms with Gasteiger partial charge in [0.15, 0.2) is 11.5 Å². The van der Waals surface area contributed by atoms with Crippen molar-refractivity contribution in [1.82, 2.24) is 5.32 Å². The second kappa shape index (κ2) is 11.1. The number of anilines is 1.